The Hall–Kier alpha value is -3.15. The molecule has 1 heterocycles. The van der Waals surface area contributed by atoms with Crippen LogP contribution in [0.4, 0.5) is 10.2 Å². The normalized spacial score (nSPS) is 10.4. The number of rotatable bonds is 5. The van der Waals surface area contributed by atoms with Crippen molar-refractivity contribution in [2.45, 2.75) is 6.54 Å². The number of hydrogen-bond acceptors (Lipinski definition) is 4. The molecular formula is C18H16FN3O2. The van der Waals surface area contributed by atoms with Gasteiger partial charge in [0.15, 0.2) is 5.82 Å². The lowest BCUT2D eigenvalue weighted by atomic mass is 10.2. The number of nitrogens with one attached hydrogen (secondary N) is 1. The minimum atomic E-state index is -0.296. The second kappa shape index (κ2) is 6.95. The molecule has 0 unspecified atom stereocenters. The molecule has 3 aromatic rings. The van der Waals surface area contributed by atoms with Crippen LogP contribution in [-0.4, -0.2) is 16.7 Å². The van der Waals surface area contributed by atoms with E-state index in [1.54, 1.807) is 43.8 Å². The molecule has 0 radical (unpaired) electrons. The van der Waals surface area contributed by atoms with Gasteiger partial charge in [-0.1, -0.05) is 24.3 Å². The van der Waals surface area contributed by atoms with Crippen LogP contribution in [0, 0.1) is 5.82 Å². The van der Waals surface area contributed by atoms with Gasteiger partial charge in [-0.3, -0.25) is 9.36 Å². The lowest BCUT2D eigenvalue weighted by Gasteiger charge is -2.12. The van der Waals surface area contributed by atoms with Crippen LogP contribution in [0.15, 0.2) is 65.7 Å². The Bertz CT molecular complexity index is 891. The third-order valence-electron chi connectivity index (χ3n) is 3.56. The van der Waals surface area contributed by atoms with Crippen molar-refractivity contribution in [1.29, 1.82) is 0 Å². The van der Waals surface area contributed by atoms with E-state index in [2.05, 4.69) is 10.3 Å². The van der Waals surface area contributed by atoms with Gasteiger partial charge in [-0.05, 0) is 29.8 Å². The van der Waals surface area contributed by atoms with Crippen LogP contribution in [0.25, 0.3) is 5.69 Å². The Morgan fingerprint density at radius 2 is 1.92 bits per heavy atom. The number of nitrogens with zero attached hydrogens (tertiary/aromatic N) is 2. The van der Waals surface area contributed by atoms with E-state index in [1.807, 2.05) is 12.1 Å². The van der Waals surface area contributed by atoms with E-state index >= 15 is 0 Å². The molecule has 3 rings (SSSR count). The second-order valence-corrected chi connectivity index (χ2v) is 5.10. The Labute approximate surface area is 138 Å². The molecule has 24 heavy (non-hydrogen) atoms. The molecule has 0 spiro atoms. The van der Waals surface area contributed by atoms with Gasteiger partial charge in [0.05, 0.1) is 12.8 Å². The summed E-state index contributed by atoms with van der Waals surface area (Å²) in [7, 11) is 1.55. The molecular weight excluding hydrogens is 309 g/mol. The van der Waals surface area contributed by atoms with Crippen molar-refractivity contribution in [3.05, 3.63) is 82.7 Å². The van der Waals surface area contributed by atoms with Crippen LogP contribution in [0.5, 0.6) is 5.75 Å². The first kappa shape index (κ1) is 15.7. The number of para-hydroxylation sites is 2. The summed E-state index contributed by atoms with van der Waals surface area (Å²) in [5.41, 5.74) is 1.20. The van der Waals surface area contributed by atoms with Crippen LogP contribution >= 0.6 is 0 Å². The molecule has 1 N–H and O–H groups in total. The average molecular weight is 325 g/mol. The molecule has 0 aliphatic heterocycles. The van der Waals surface area contributed by atoms with Crippen molar-refractivity contribution in [2.24, 2.45) is 0 Å². The number of aromatic nitrogens is 2. The third kappa shape index (κ3) is 3.27. The van der Waals surface area contributed by atoms with E-state index in [0.717, 1.165) is 5.56 Å². The van der Waals surface area contributed by atoms with Crippen molar-refractivity contribution in [3.8, 4) is 11.4 Å². The number of ether oxygens (including phenoxy) is 1. The second-order valence-electron chi connectivity index (χ2n) is 5.10. The van der Waals surface area contributed by atoms with Gasteiger partial charge in [0.1, 0.15) is 11.6 Å². The van der Waals surface area contributed by atoms with Gasteiger partial charge in [0, 0.05) is 18.9 Å². The average Bonchev–Trinajstić information content (AvgIpc) is 2.62. The summed E-state index contributed by atoms with van der Waals surface area (Å²) in [5.74, 6) is 0.512. The maximum Gasteiger partial charge on any atom is 0.297 e. The fourth-order valence-electron chi connectivity index (χ4n) is 2.34. The lowest BCUT2D eigenvalue weighted by Crippen LogP contribution is -2.23. The van der Waals surface area contributed by atoms with Gasteiger partial charge in [0.25, 0.3) is 5.56 Å². The lowest BCUT2D eigenvalue weighted by molar-refractivity contribution is 0.412. The summed E-state index contributed by atoms with van der Waals surface area (Å²) in [6.07, 6.45) is 3.13. The van der Waals surface area contributed by atoms with Crippen LogP contribution in [0.2, 0.25) is 0 Å². The first-order valence-corrected chi connectivity index (χ1v) is 7.38. The van der Waals surface area contributed by atoms with E-state index in [-0.39, 0.29) is 17.2 Å². The highest BCUT2D eigenvalue weighted by molar-refractivity contribution is 5.48. The SMILES string of the molecule is COc1ccccc1-n1ccnc(NCc2ccc(F)cc2)c1=O. The predicted octanol–water partition coefficient (Wildman–Crippen LogP) is 2.99. The molecule has 0 fully saturated rings. The molecule has 0 bridgehead atoms. The largest absolute Gasteiger partial charge is 0.495 e. The zero-order chi connectivity index (χ0) is 16.9. The van der Waals surface area contributed by atoms with E-state index < -0.39 is 0 Å². The zero-order valence-corrected chi connectivity index (χ0v) is 13.1. The van der Waals surface area contributed by atoms with Gasteiger partial charge in [-0.15, -0.1) is 0 Å². The fourth-order valence-corrected chi connectivity index (χ4v) is 2.34. The molecule has 0 aliphatic carbocycles. The van der Waals surface area contributed by atoms with Gasteiger partial charge in [0.2, 0.25) is 0 Å². The molecule has 0 aliphatic rings. The summed E-state index contributed by atoms with van der Waals surface area (Å²) >= 11 is 0. The minimum Gasteiger partial charge on any atom is -0.495 e. The maximum absolute atomic E-state index is 12.9. The molecule has 0 amide bonds. The first-order chi connectivity index (χ1) is 11.7. The maximum atomic E-state index is 12.9. The quantitative estimate of drug-likeness (QED) is 0.783. The monoisotopic (exact) mass is 325 g/mol. The molecule has 2 aromatic carbocycles. The predicted molar refractivity (Wildman–Crippen MR) is 90.1 cm³/mol. The number of hydrogen-bond donors (Lipinski definition) is 1. The summed E-state index contributed by atoms with van der Waals surface area (Å²) in [6.45, 7) is 0.373. The van der Waals surface area contributed by atoms with E-state index in [4.69, 9.17) is 4.74 Å². The third-order valence-corrected chi connectivity index (χ3v) is 3.56. The van der Waals surface area contributed by atoms with Gasteiger partial charge >= 0.3 is 0 Å². The minimum absolute atomic E-state index is 0.215. The van der Waals surface area contributed by atoms with Crippen LogP contribution < -0.4 is 15.6 Å². The van der Waals surface area contributed by atoms with Gasteiger partial charge in [-0.2, -0.15) is 0 Å². The van der Waals surface area contributed by atoms with Crippen molar-refractivity contribution in [2.75, 3.05) is 12.4 Å². The Morgan fingerprint density at radius 3 is 2.67 bits per heavy atom. The topological polar surface area (TPSA) is 56.1 Å². The Kier molecular flexibility index (Phi) is 4.56. The molecule has 0 atom stereocenters. The number of benzene rings is 2. The molecule has 6 heteroatoms. The first-order valence-electron chi connectivity index (χ1n) is 7.38. The molecule has 122 valence electrons. The highest BCUT2D eigenvalue weighted by Crippen LogP contribution is 2.20. The standard InChI is InChI=1S/C18H16FN3O2/c1-24-16-5-3-2-4-15(16)22-11-10-20-17(18(22)23)21-12-13-6-8-14(19)9-7-13/h2-11H,12H2,1H3,(H,20,21). The number of methoxy groups -OCH3 is 1. The highest BCUT2D eigenvalue weighted by Gasteiger charge is 2.10. The molecule has 1 aromatic heterocycles. The van der Waals surface area contributed by atoms with Crippen molar-refractivity contribution >= 4 is 5.82 Å². The highest BCUT2D eigenvalue weighted by atomic mass is 19.1. The number of halogens is 1. The summed E-state index contributed by atoms with van der Waals surface area (Å²) < 4.78 is 19.7. The van der Waals surface area contributed by atoms with E-state index in [0.29, 0.717) is 18.0 Å². The molecule has 0 saturated carbocycles. The summed E-state index contributed by atoms with van der Waals surface area (Å²) in [5, 5.41) is 2.99. The van der Waals surface area contributed by atoms with E-state index in [9.17, 15) is 9.18 Å². The van der Waals surface area contributed by atoms with Crippen LogP contribution in [0.3, 0.4) is 0 Å². The summed E-state index contributed by atoms with van der Waals surface area (Å²) in [4.78, 5) is 16.7. The van der Waals surface area contributed by atoms with Gasteiger partial charge < -0.3 is 10.1 Å². The number of anilines is 1. The van der Waals surface area contributed by atoms with Crippen LogP contribution in [-0.2, 0) is 6.54 Å². The van der Waals surface area contributed by atoms with Crippen molar-refractivity contribution < 1.29 is 9.13 Å². The fraction of sp³-hybridized carbons (Fsp3) is 0.111. The van der Waals surface area contributed by atoms with Crippen molar-refractivity contribution in [3.63, 3.8) is 0 Å². The molecule has 5 nitrogen and oxygen atoms in total. The molecule has 0 saturated heterocycles. The zero-order valence-electron chi connectivity index (χ0n) is 13.1. The Morgan fingerprint density at radius 1 is 1.17 bits per heavy atom. The summed E-state index contributed by atoms with van der Waals surface area (Å²) in [6, 6.07) is 13.3. The van der Waals surface area contributed by atoms with E-state index in [1.165, 1.54) is 16.7 Å². The van der Waals surface area contributed by atoms with Crippen LogP contribution in [0.1, 0.15) is 5.56 Å². The van der Waals surface area contributed by atoms with Crippen molar-refractivity contribution in [1.82, 2.24) is 9.55 Å². The van der Waals surface area contributed by atoms with Gasteiger partial charge in [-0.25, -0.2) is 9.37 Å². The Balaban J connectivity index is 1.88. The smallest absolute Gasteiger partial charge is 0.297 e.